The average Bonchev–Trinajstić information content (AvgIpc) is 2.76. The minimum absolute atomic E-state index is 0.177. The number of aryl methyl sites for hydroxylation is 1. The lowest BCUT2D eigenvalue weighted by Gasteiger charge is -2.14. The van der Waals surface area contributed by atoms with Gasteiger partial charge >= 0.3 is 0 Å². The van der Waals surface area contributed by atoms with E-state index in [1.807, 2.05) is 48.9 Å². The molecule has 1 aromatic carbocycles. The van der Waals surface area contributed by atoms with E-state index in [0.29, 0.717) is 6.54 Å². The van der Waals surface area contributed by atoms with Gasteiger partial charge in [0.2, 0.25) is 0 Å². The van der Waals surface area contributed by atoms with Crippen molar-refractivity contribution in [1.82, 2.24) is 14.7 Å². The third kappa shape index (κ3) is 3.14. The van der Waals surface area contributed by atoms with Crippen molar-refractivity contribution in [3.05, 3.63) is 47.3 Å². The van der Waals surface area contributed by atoms with E-state index in [0.717, 1.165) is 22.6 Å². The molecule has 1 aromatic heterocycles. The Hall–Kier alpha value is -2.54. The molecule has 0 bridgehead atoms. The zero-order valence-electron chi connectivity index (χ0n) is 12.8. The highest BCUT2D eigenvalue weighted by Gasteiger charge is 2.16. The van der Waals surface area contributed by atoms with Gasteiger partial charge in [0.05, 0.1) is 11.4 Å². The molecule has 21 heavy (non-hydrogen) atoms. The predicted octanol–water partition coefficient (Wildman–Crippen LogP) is 2.47. The zero-order chi connectivity index (χ0) is 15.4. The highest BCUT2D eigenvalue weighted by Crippen LogP contribution is 2.19. The Morgan fingerprint density at radius 2 is 1.95 bits per heavy atom. The van der Waals surface area contributed by atoms with Crippen LogP contribution in [0.25, 0.3) is 5.69 Å². The lowest BCUT2D eigenvalue weighted by Crippen LogP contribution is -2.25. The number of para-hydroxylation sites is 1. The summed E-state index contributed by atoms with van der Waals surface area (Å²) >= 11 is 0. The Bertz CT molecular complexity index is 705. The molecular formula is C17H19N3O. The molecule has 108 valence electrons. The second-order valence-electron chi connectivity index (χ2n) is 4.93. The van der Waals surface area contributed by atoms with Crippen LogP contribution in [-0.4, -0.2) is 27.6 Å². The molecule has 0 aliphatic carbocycles. The molecule has 4 heteroatoms. The lowest BCUT2D eigenvalue weighted by molar-refractivity contribution is -0.124. The van der Waals surface area contributed by atoms with Crippen LogP contribution in [-0.2, 0) is 11.3 Å². The van der Waals surface area contributed by atoms with E-state index in [-0.39, 0.29) is 5.91 Å². The summed E-state index contributed by atoms with van der Waals surface area (Å²) in [7, 11) is 1.76. The molecular weight excluding hydrogens is 262 g/mol. The quantitative estimate of drug-likeness (QED) is 0.811. The van der Waals surface area contributed by atoms with Crippen LogP contribution in [0.1, 0.15) is 23.9 Å². The van der Waals surface area contributed by atoms with E-state index >= 15 is 0 Å². The maximum absolute atomic E-state index is 11.8. The minimum atomic E-state index is -0.177. The molecule has 2 aromatic rings. The van der Waals surface area contributed by atoms with Crippen molar-refractivity contribution in [3.63, 3.8) is 0 Å². The molecule has 0 saturated heterocycles. The molecule has 1 heterocycles. The van der Waals surface area contributed by atoms with E-state index in [1.54, 1.807) is 18.9 Å². The van der Waals surface area contributed by atoms with Crippen LogP contribution >= 0.6 is 0 Å². The number of nitrogens with zero attached hydrogens (tertiary/aromatic N) is 3. The molecule has 4 nitrogen and oxygen atoms in total. The van der Waals surface area contributed by atoms with Gasteiger partial charge in [-0.25, -0.2) is 4.68 Å². The summed E-state index contributed by atoms with van der Waals surface area (Å²) < 4.78 is 1.91. The Morgan fingerprint density at radius 3 is 2.57 bits per heavy atom. The first-order valence-corrected chi connectivity index (χ1v) is 6.83. The molecule has 0 unspecified atom stereocenters. The molecule has 0 atom stereocenters. The van der Waals surface area contributed by atoms with Gasteiger partial charge in [0, 0.05) is 24.8 Å². The van der Waals surface area contributed by atoms with Gasteiger partial charge in [-0.1, -0.05) is 24.1 Å². The fourth-order valence-electron chi connectivity index (χ4n) is 2.24. The monoisotopic (exact) mass is 281 g/mol. The third-order valence-electron chi connectivity index (χ3n) is 3.42. The molecule has 0 saturated carbocycles. The lowest BCUT2D eigenvalue weighted by atomic mass is 10.2. The van der Waals surface area contributed by atoms with Crippen LogP contribution < -0.4 is 0 Å². The summed E-state index contributed by atoms with van der Waals surface area (Å²) in [5.41, 5.74) is 4.06. The first-order valence-electron chi connectivity index (χ1n) is 6.83. The summed E-state index contributed by atoms with van der Waals surface area (Å²) in [6, 6.07) is 9.98. The van der Waals surface area contributed by atoms with Gasteiger partial charge in [-0.15, -0.1) is 0 Å². The van der Waals surface area contributed by atoms with Gasteiger partial charge in [0.25, 0.3) is 5.91 Å². The van der Waals surface area contributed by atoms with E-state index < -0.39 is 0 Å². The molecule has 0 aliphatic heterocycles. The largest absolute Gasteiger partial charge is 0.330 e. The van der Waals surface area contributed by atoms with Gasteiger partial charge in [0.1, 0.15) is 0 Å². The summed E-state index contributed by atoms with van der Waals surface area (Å²) in [6.45, 7) is 6.16. The van der Waals surface area contributed by atoms with Crippen LogP contribution in [0, 0.1) is 25.7 Å². The summed E-state index contributed by atoms with van der Waals surface area (Å²) in [5.74, 6) is 5.01. The SMILES string of the molecule is CC#CC(=O)N(C)Cc1c(C)nn(-c2ccccc2)c1C. The van der Waals surface area contributed by atoms with Crippen LogP contribution in [0.4, 0.5) is 0 Å². The first-order chi connectivity index (χ1) is 10.0. The van der Waals surface area contributed by atoms with E-state index in [9.17, 15) is 4.79 Å². The normalized spacial score (nSPS) is 9.90. The van der Waals surface area contributed by atoms with Crippen molar-refractivity contribution < 1.29 is 4.79 Å². The van der Waals surface area contributed by atoms with Gasteiger partial charge in [-0.2, -0.15) is 5.10 Å². The Kier molecular flexibility index (Phi) is 4.44. The smallest absolute Gasteiger partial charge is 0.298 e. The highest BCUT2D eigenvalue weighted by atomic mass is 16.2. The number of hydrogen-bond donors (Lipinski definition) is 0. The molecule has 0 aliphatic rings. The number of carbonyl (C=O) groups is 1. The number of carbonyl (C=O) groups excluding carboxylic acids is 1. The van der Waals surface area contributed by atoms with Crippen LogP contribution in [0.2, 0.25) is 0 Å². The first kappa shape index (κ1) is 14.9. The molecule has 0 N–H and O–H groups in total. The average molecular weight is 281 g/mol. The number of benzene rings is 1. The number of amides is 1. The Balaban J connectivity index is 2.32. The summed E-state index contributed by atoms with van der Waals surface area (Å²) in [5, 5.41) is 4.58. The van der Waals surface area contributed by atoms with E-state index in [2.05, 4.69) is 16.9 Å². The van der Waals surface area contributed by atoms with Crippen molar-refractivity contribution in [2.75, 3.05) is 7.05 Å². The molecule has 2 rings (SSSR count). The number of aromatic nitrogens is 2. The predicted molar refractivity (Wildman–Crippen MR) is 83.0 cm³/mol. The molecule has 1 amide bonds. The fourth-order valence-corrected chi connectivity index (χ4v) is 2.24. The molecule has 0 spiro atoms. The van der Waals surface area contributed by atoms with Gasteiger partial charge < -0.3 is 4.90 Å². The number of rotatable bonds is 3. The molecule has 0 radical (unpaired) electrons. The van der Waals surface area contributed by atoms with Crippen LogP contribution in [0.3, 0.4) is 0 Å². The fraction of sp³-hybridized carbons (Fsp3) is 0.294. The zero-order valence-corrected chi connectivity index (χ0v) is 12.8. The van der Waals surface area contributed by atoms with Crippen molar-refractivity contribution in [3.8, 4) is 17.5 Å². The second kappa shape index (κ2) is 6.27. The standard InChI is InChI=1S/C17H19N3O/c1-5-9-17(21)19(4)12-16-13(2)18-20(14(16)3)15-10-7-6-8-11-15/h6-8,10-11H,12H2,1-4H3. The topological polar surface area (TPSA) is 38.1 Å². The van der Waals surface area contributed by atoms with E-state index in [4.69, 9.17) is 0 Å². The van der Waals surface area contributed by atoms with E-state index in [1.165, 1.54) is 0 Å². The van der Waals surface area contributed by atoms with Gasteiger partial charge in [-0.05, 0) is 38.8 Å². The van der Waals surface area contributed by atoms with Gasteiger partial charge in [0.15, 0.2) is 0 Å². The van der Waals surface area contributed by atoms with Crippen LogP contribution in [0.15, 0.2) is 30.3 Å². The van der Waals surface area contributed by atoms with Crippen molar-refractivity contribution in [1.29, 1.82) is 0 Å². The van der Waals surface area contributed by atoms with Gasteiger partial charge in [-0.3, -0.25) is 4.79 Å². The third-order valence-corrected chi connectivity index (χ3v) is 3.42. The van der Waals surface area contributed by atoms with Crippen molar-refractivity contribution in [2.45, 2.75) is 27.3 Å². The van der Waals surface area contributed by atoms with Crippen molar-refractivity contribution >= 4 is 5.91 Å². The Morgan fingerprint density at radius 1 is 1.29 bits per heavy atom. The Labute approximate surface area is 125 Å². The molecule has 0 fully saturated rings. The minimum Gasteiger partial charge on any atom is -0.330 e. The highest BCUT2D eigenvalue weighted by molar-refractivity contribution is 5.93. The summed E-state index contributed by atoms with van der Waals surface area (Å²) in [6.07, 6.45) is 0. The maximum Gasteiger partial charge on any atom is 0.298 e. The summed E-state index contributed by atoms with van der Waals surface area (Å²) in [4.78, 5) is 13.4. The maximum atomic E-state index is 11.8. The second-order valence-corrected chi connectivity index (χ2v) is 4.93. The number of hydrogen-bond acceptors (Lipinski definition) is 2. The van der Waals surface area contributed by atoms with Crippen LogP contribution in [0.5, 0.6) is 0 Å². The van der Waals surface area contributed by atoms with Crippen molar-refractivity contribution in [2.24, 2.45) is 0 Å².